The molecule has 0 radical (unpaired) electrons. The lowest BCUT2D eigenvalue weighted by molar-refractivity contribution is -0.125. The molecule has 4 aliphatic rings. The maximum absolute atomic E-state index is 12.8. The summed E-state index contributed by atoms with van der Waals surface area (Å²) >= 11 is 1.78. The van der Waals surface area contributed by atoms with Gasteiger partial charge in [0.15, 0.2) is 0 Å². The number of aromatic nitrogens is 1. The molecule has 2 aromatic heterocycles. The Bertz CT molecular complexity index is 1230. The molecule has 6 heterocycles. The predicted octanol–water partition coefficient (Wildman–Crippen LogP) is 3.59. The van der Waals surface area contributed by atoms with Crippen LogP contribution in [0.5, 0.6) is 0 Å². The summed E-state index contributed by atoms with van der Waals surface area (Å²) in [5, 5.41) is 8.50. The number of amides is 3. The lowest BCUT2D eigenvalue weighted by Crippen LogP contribution is -2.61. The van der Waals surface area contributed by atoms with Crippen molar-refractivity contribution in [2.45, 2.75) is 32.2 Å². The Morgan fingerprint density at radius 3 is 2.84 bits per heavy atom. The molecule has 0 bridgehead atoms. The quantitative estimate of drug-likeness (QED) is 0.421. The van der Waals surface area contributed by atoms with Crippen molar-refractivity contribution in [1.29, 1.82) is 0 Å². The van der Waals surface area contributed by atoms with Crippen LogP contribution in [-0.4, -0.2) is 84.0 Å². The third-order valence-electron chi connectivity index (χ3n) is 8.34. The third-order valence-corrected chi connectivity index (χ3v) is 9.22. The summed E-state index contributed by atoms with van der Waals surface area (Å²) in [6, 6.07) is 6.19. The molecule has 0 unspecified atom stereocenters. The average Bonchev–Trinajstić information content (AvgIpc) is 3.43. The van der Waals surface area contributed by atoms with Crippen LogP contribution in [0.2, 0.25) is 0 Å². The normalized spacial score (nSPS) is 21.3. The maximum Gasteiger partial charge on any atom is 0.323 e. The largest absolute Gasteiger partial charge is 0.335 e. The predicted molar refractivity (Wildman–Crippen MR) is 151 cm³/mol. The minimum atomic E-state index is -0.0859. The summed E-state index contributed by atoms with van der Waals surface area (Å²) in [7, 11) is 0. The highest BCUT2D eigenvalue weighted by Gasteiger charge is 2.43. The molecule has 3 amide bonds. The number of rotatable bonds is 7. The summed E-state index contributed by atoms with van der Waals surface area (Å²) in [6.45, 7) is 8.09. The molecule has 0 aliphatic carbocycles. The van der Waals surface area contributed by atoms with Gasteiger partial charge in [-0.3, -0.25) is 10.1 Å². The number of thiophene rings is 1. The fraction of sp³-hybridized carbons (Fsp3) is 0.483. The van der Waals surface area contributed by atoms with Crippen molar-refractivity contribution in [2.75, 3.05) is 57.7 Å². The number of pyridine rings is 1. The average molecular weight is 533 g/mol. The van der Waals surface area contributed by atoms with Gasteiger partial charge in [0, 0.05) is 68.4 Å². The monoisotopic (exact) mass is 532 g/mol. The van der Waals surface area contributed by atoms with Gasteiger partial charge in [0.25, 0.3) is 0 Å². The maximum atomic E-state index is 12.8. The Balaban J connectivity index is 1.00. The Morgan fingerprint density at radius 2 is 2.08 bits per heavy atom. The summed E-state index contributed by atoms with van der Waals surface area (Å²) in [5.74, 6) is 0.636. The molecule has 2 aromatic rings. The van der Waals surface area contributed by atoms with Crippen molar-refractivity contribution in [3.63, 3.8) is 0 Å². The first kappa shape index (κ1) is 25.3. The molecule has 0 aromatic carbocycles. The minimum Gasteiger partial charge on any atom is -0.335 e. The zero-order valence-corrected chi connectivity index (χ0v) is 22.6. The topological polar surface area (TPSA) is 80.8 Å². The molecular weight excluding hydrogens is 496 g/mol. The van der Waals surface area contributed by atoms with E-state index in [0.29, 0.717) is 30.9 Å². The minimum absolute atomic E-state index is 0.0186. The van der Waals surface area contributed by atoms with E-state index in [-0.39, 0.29) is 11.9 Å². The van der Waals surface area contributed by atoms with Gasteiger partial charge in [0.05, 0.1) is 6.54 Å². The second kappa shape index (κ2) is 11.0. The zero-order valence-electron chi connectivity index (χ0n) is 21.8. The van der Waals surface area contributed by atoms with Crippen LogP contribution in [0.1, 0.15) is 35.3 Å². The van der Waals surface area contributed by atoms with Crippen LogP contribution in [0.25, 0.3) is 6.08 Å². The van der Waals surface area contributed by atoms with Crippen molar-refractivity contribution in [1.82, 2.24) is 25.0 Å². The van der Waals surface area contributed by atoms with Crippen LogP contribution in [-0.2, 0) is 17.8 Å². The summed E-state index contributed by atoms with van der Waals surface area (Å²) in [5.41, 5.74) is 3.76. The summed E-state index contributed by atoms with van der Waals surface area (Å²) in [6.07, 6.45) is 11.8. The molecule has 2 fully saturated rings. The van der Waals surface area contributed by atoms with E-state index < -0.39 is 0 Å². The van der Waals surface area contributed by atoms with E-state index in [9.17, 15) is 9.59 Å². The highest BCUT2D eigenvalue weighted by atomic mass is 32.1. The van der Waals surface area contributed by atoms with Gasteiger partial charge in [-0.1, -0.05) is 17.7 Å². The number of urea groups is 1. The Kier molecular flexibility index (Phi) is 7.32. The first-order chi connectivity index (χ1) is 18.6. The van der Waals surface area contributed by atoms with Gasteiger partial charge < -0.3 is 20.0 Å². The van der Waals surface area contributed by atoms with Crippen LogP contribution >= 0.6 is 11.3 Å². The van der Waals surface area contributed by atoms with Crippen LogP contribution in [0.3, 0.4) is 0 Å². The molecule has 8 nitrogen and oxygen atoms in total. The number of carbonyl (C=O) groups is 2. The van der Waals surface area contributed by atoms with E-state index in [1.165, 1.54) is 23.3 Å². The van der Waals surface area contributed by atoms with E-state index in [1.54, 1.807) is 23.6 Å². The first-order valence-electron chi connectivity index (χ1n) is 13.7. The number of fused-ring (bicyclic) bond motifs is 1. The van der Waals surface area contributed by atoms with E-state index in [4.69, 9.17) is 0 Å². The fourth-order valence-electron chi connectivity index (χ4n) is 6.07. The molecular formula is C29H36N6O2S. The van der Waals surface area contributed by atoms with Gasteiger partial charge in [-0.15, -0.1) is 11.3 Å². The first-order valence-corrected chi connectivity index (χ1v) is 14.6. The van der Waals surface area contributed by atoms with Gasteiger partial charge in [0.1, 0.15) is 5.82 Å². The number of anilines is 1. The van der Waals surface area contributed by atoms with Gasteiger partial charge in [-0.25, -0.2) is 9.78 Å². The van der Waals surface area contributed by atoms with Crippen molar-refractivity contribution in [2.24, 2.45) is 5.41 Å². The number of nitrogens with zero attached hydrogens (tertiary/aromatic N) is 4. The van der Waals surface area contributed by atoms with Crippen LogP contribution < -0.4 is 10.6 Å². The Labute approximate surface area is 228 Å². The molecule has 1 spiro atoms. The van der Waals surface area contributed by atoms with Crippen molar-refractivity contribution in [3.05, 3.63) is 63.5 Å². The van der Waals surface area contributed by atoms with Gasteiger partial charge in [0.2, 0.25) is 5.91 Å². The standard InChI is InChI=1S/C29H36N6O2S/c36-26(34-11-5-22(6-12-34)17-25-2-1-15-38-25)4-3-23-16-24-19-35(28(37)32-27(24)31-18-23)14-13-33-20-29(21-33)7-9-30-10-8-29/h1-5,15-16,18,30H,6-14,17,19-21H2,(H,31,32,37)/b4-3+. The molecule has 2 saturated heterocycles. The fourth-order valence-corrected chi connectivity index (χ4v) is 6.83. The second-order valence-corrected chi connectivity index (χ2v) is 12.1. The van der Waals surface area contributed by atoms with Gasteiger partial charge in [-0.05, 0) is 66.9 Å². The lowest BCUT2D eigenvalue weighted by Gasteiger charge is -2.53. The highest BCUT2D eigenvalue weighted by molar-refractivity contribution is 7.09. The number of likely N-dealkylation sites (tertiary alicyclic amines) is 1. The van der Waals surface area contributed by atoms with E-state index in [1.807, 2.05) is 21.9 Å². The smallest absolute Gasteiger partial charge is 0.323 e. The summed E-state index contributed by atoms with van der Waals surface area (Å²) < 4.78 is 0. The van der Waals surface area contributed by atoms with Crippen molar-refractivity contribution < 1.29 is 9.59 Å². The Morgan fingerprint density at radius 1 is 1.21 bits per heavy atom. The van der Waals surface area contributed by atoms with E-state index in [2.05, 4.69) is 44.1 Å². The number of hydrogen-bond acceptors (Lipinski definition) is 6. The molecule has 2 N–H and O–H groups in total. The summed E-state index contributed by atoms with van der Waals surface area (Å²) in [4.78, 5) is 37.5. The van der Waals surface area contributed by atoms with Crippen LogP contribution in [0, 0.1) is 5.41 Å². The van der Waals surface area contributed by atoms with Crippen LogP contribution in [0.15, 0.2) is 47.5 Å². The number of piperidine rings is 1. The lowest BCUT2D eigenvalue weighted by atomic mass is 9.72. The Hall–Kier alpha value is -3.01. The van der Waals surface area contributed by atoms with E-state index >= 15 is 0 Å². The van der Waals surface area contributed by atoms with Crippen LogP contribution in [0.4, 0.5) is 10.6 Å². The number of hydrogen-bond donors (Lipinski definition) is 2. The molecule has 0 atom stereocenters. The van der Waals surface area contributed by atoms with Crippen molar-refractivity contribution in [3.8, 4) is 0 Å². The van der Waals surface area contributed by atoms with E-state index in [0.717, 1.165) is 63.2 Å². The second-order valence-electron chi connectivity index (χ2n) is 11.1. The van der Waals surface area contributed by atoms with Crippen molar-refractivity contribution >= 4 is 35.2 Å². The number of nitrogens with one attached hydrogen (secondary N) is 2. The van der Waals surface area contributed by atoms with Gasteiger partial charge >= 0.3 is 6.03 Å². The highest BCUT2D eigenvalue weighted by Crippen LogP contribution is 2.38. The molecule has 9 heteroatoms. The number of carbonyl (C=O) groups excluding carboxylic acids is 2. The molecule has 38 heavy (non-hydrogen) atoms. The molecule has 0 saturated carbocycles. The molecule has 6 rings (SSSR count). The zero-order chi connectivity index (χ0) is 26.0. The molecule has 200 valence electrons. The third kappa shape index (κ3) is 5.70. The van der Waals surface area contributed by atoms with Gasteiger partial charge in [-0.2, -0.15) is 0 Å². The SMILES string of the molecule is O=C(/C=C/c1cnc2c(c1)CN(CCN1CC3(CCNCC3)C1)C(=O)N2)N1CC=C(Cc2cccs2)CC1. The molecule has 4 aliphatic heterocycles.